The van der Waals surface area contributed by atoms with Gasteiger partial charge in [0.05, 0.1) is 11.1 Å². The molecule has 160 valence electrons. The van der Waals surface area contributed by atoms with Gasteiger partial charge in [-0.1, -0.05) is 11.8 Å². The van der Waals surface area contributed by atoms with E-state index in [0.717, 1.165) is 45.9 Å². The predicted octanol–water partition coefficient (Wildman–Crippen LogP) is 4.32. The van der Waals surface area contributed by atoms with Gasteiger partial charge < -0.3 is 10.2 Å². The van der Waals surface area contributed by atoms with E-state index in [1.165, 1.54) is 35.0 Å². The molecule has 0 saturated carbocycles. The first kappa shape index (κ1) is 20.3. The number of fused-ring (bicyclic) bond motifs is 5. The van der Waals surface area contributed by atoms with Crippen LogP contribution in [0, 0.1) is 6.92 Å². The topological polar surface area (TPSA) is 75.4 Å². The van der Waals surface area contributed by atoms with E-state index in [-0.39, 0.29) is 11.7 Å². The Bertz CT molecular complexity index is 1280. The summed E-state index contributed by atoms with van der Waals surface area (Å²) in [6.07, 6.45) is 4.67. The normalized spacial score (nSPS) is 13.5. The van der Waals surface area contributed by atoms with Crippen molar-refractivity contribution in [1.29, 1.82) is 0 Å². The van der Waals surface area contributed by atoms with E-state index in [2.05, 4.69) is 15.5 Å². The number of hydrogen-bond donors (Lipinski definition) is 1. The largest absolute Gasteiger partial charge is 0.378 e. The first-order valence-electron chi connectivity index (χ1n) is 10.4. The molecular weight excluding hydrogens is 428 g/mol. The Morgan fingerprint density at radius 3 is 2.74 bits per heavy atom. The molecule has 9 heteroatoms. The first-order chi connectivity index (χ1) is 15.0. The fraction of sp³-hybridized carbons (Fsp3) is 0.364. The Hall–Kier alpha value is -2.65. The van der Waals surface area contributed by atoms with Crippen LogP contribution in [0.3, 0.4) is 0 Å². The molecule has 4 aromatic rings. The van der Waals surface area contributed by atoms with Gasteiger partial charge in [-0.15, -0.1) is 21.5 Å². The highest BCUT2D eigenvalue weighted by molar-refractivity contribution is 7.99. The number of nitrogens with one attached hydrogen (secondary N) is 1. The van der Waals surface area contributed by atoms with Crippen LogP contribution in [0.2, 0.25) is 0 Å². The number of nitrogens with zero attached hydrogens (tertiary/aromatic N) is 5. The van der Waals surface area contributed by atoms with Crippen LogP contribution in [-0.2, 0) is 17.6 Å². The smallest absolute Gasteiger partial charge is 0.234 e. The maximum Gasteiger partial charge on any atom is 0.234 e. The highest BCUT2D eigenvalue weighted by atomic mass is 32.2. The van der Waals surface area contributed by atoms with Gasteiger partial charge in [-0.05, 0) is 62.4 Å². The number of amides is 1. The van der Waals surface area contributed by atoms with Gasteiger partial charge in [0.25, 0.3) is 0 Å². The second-order valence-electron chi connectivity index (χ2n) is 7.97. The average Bonchev–Trinajstić information content (AvgIpc) is 3.34. The van der Waals surface area contributed by atoms with Crippen LogP contribution in [0.1, 0.15) is 29.1 Å². The second-order valence-corrected chi connectivity index (χ2v) is 10.00. The summed E-state index contributed by atoms with van der Waals surface area (Å²) in [6.45, 7) is 1.98. The van der Waals surface area contributed by atoms with Gasteiger partial charge in [0.15, 0.2) is 10.8 Å². The highest BCUT2D eigenvalue weighted by Crippen LogP contribution is 2.38. The first-order valence-corrected chi connectivity index (χ1v) is 12.2. The van der Waals surface area contributed by atoms with E-state index in [0.29, 0.717) is 5.16 Å². The summed E-state index contributed by atoms with van der Waals surface area (Å²) in [5, 5.41) is 13.7. The quantitative estimate of drug-likeness (QED) is 0.455. The molecule has 5 rings (SSSR count). The Labute approximate surface area is 188 Å². The maximum atomic E-state index is 12.5. The minimum Gasteiger partial charge on any atom is -0.378 e. The van der Waals surface area contributed by atoms with E-state index in [1.807, 2.05) is 54.6 Å². The van der Waals surface area contributed by atoms with Gasteiger partial charge in [-0.2, -0.15) is 0 Å². The standard InChI is InChI=1S/C22H24N6OS2/c1-13-23-21-19(16-6-4-5-7-17(16)31-21)20-25-26-22(28(13)20)30-12-18(29)24-14-8-10-15(11-9-14)27(2)3/h8-11H,4-7,12H2,1-3H3,(H,24,29). The third kappa shape index (κ3) is 3.76. The van der Waals surface area contributed by atoms with E-state index < -0.39 is 0 Å². The molecule has 3 heterocycles. The molecule has 1 aromatic carbocycles. The van der Waals surface area contributed by atoms with E-state index in [1.54, 1.807) is 11.3 Å². The van der Waals surface area contributed by atoms with E-state index in [4.69, 9.17) is 4.98 Å². The molecule has 0 unspecified atom stereocenters. The molecule has 0 fully saturated rings. The Morgan fingerprint density at radius 1 is 1.19 bits per heavy atom. The number of anilines is 2. The SMILES string of the molecule is Cc1nc2sc3c(c2c2nnc(SCC(=O)Nc4ccc(N(C)C)cc4)n12)CCCC3. The molecule has 1 amide bonds. The molecule has 31 heavy (non-hydrogen) atoms. The van der Waals surface area contributed by atoms with Crippen molar-refractivity contribution in [2.45, 2.75) is 37.8 Å². The predicted molar refractivity (Wildman–Crippen MR) is 128 cm³/mol. The number of carbonyl (C=O) groups excluding carboxylic acids is 1. The highest BCUT2D eigenvalue weighted by Gasteiger charge is 2.22. The molecule has 0 aliphatic heterocycles. The molecule has 3 aromatic heterocycles. The zero-order chi connectivity index (χ0) is 21.5. The minimum atomic E-state index is -0.0704. The summed E-state index contributed by atoms with van der Waals surface area (Å²) >= 11 is 3.18. The lowest BCUT2D eigenvalue weighted by atomic mass is 9.97. The summed E-state index contributed by atoms with van der Waals surface area (Å²) in [5.41, 5.74) is 4.13. The van der Waals surface area contributed by atoms with Crippen molar-refractivity contribution >= 4 is 56.2 Å². The lowest BCUT2D eigenvalue weighted by Crippen LogP contribution is -2.15. The van der Waals surface area contributed by atoms with Crippen molar-refractivity contribution in [3.8, 4) is 0 Å². The molecule has 0 atom stereocenters. The van der Waals surface area contributed by atoms with Crippen molar-refractivity contribution in [3.63, 3.8) is 0 Å². The van der Waals surface area contributed by atoms with Crippen LogP contribution in [0.25, 0.3) is 15.9 Å². The summed E-state index contributed by atoms with van der Waals surface area (Å²) in [7, 11) is 3.98. The monoisotopic (exact) mass is 452 g/mol. The molecule has 0 saturated heterocycles. The third-order valence-electron chi connectivity index (χ3n) is 5.60. The minimum absolute atomic E-state index is 0.0704. The van der Waals surface area contributed by atoms with Crippen molar-refractivity contribution in [2.75, 3.05) is 30.1 Å². The van der Waals surface area contributed by atoms with Crippen LogP contribution >= 0.6 is 23.1 Å². The number of aromatic nitrogens is 4. The van der Waals surface area contributed by atoms with Gasteiger partial charge >= 0.3 is 0 Å². The van der Waals surface area contributed by atoms with Crippen LogP contribution < -0.4 is 10.2 Å². The Morgan fingerprint density at radius 2 is 1.97 bits per heavy atom. The van der Waals surface area contributed by atoms with Crippen molar-refractivity contribution in [3.05, 3.63) is 40.5 Å². The third-order valence-corrected chi connectivity index (χ3v) is 7.71. The van der Waals surface area contributed by atoms with Gasteiger partial charge in [-0.3, -0.25) is 9.20 Å². The zero-order valence-electron chi connectivity index (χ0n) is 17.8. The average molecular weight is 453 g/mol. The van der Waals surface area contributed by atoms with Crippen molar-refractivity contribution in [2.24, 2.45) is 0 Å². The number of rotatable bonds is 5. The summed E-state index contributed by atoms with van der Waals surface area (Å²) in [5.74, 6) is 1.04. The van der Waals surface area contributed by atoms with Gasteiger partial charge in [-0.25, -0.2) is 4.98 Å². The summed E-state index contributed by atoms with van der Waals surface area (Å²) < 4.78 is 1.99. The fourth-order valence-corrected chi connectivity index (χ4v) is 6.12. The van der Waals surface area contributed by atoms with E-state index in [9.17, 15) is 4.79 Å². The fourth-order valence-electron chi connectivity index (χ4n) is 4.04. The van der Waals surface area contributed by atoms with Crippen LogP contribution in [0.15, 0.2) is 29.4 Å². The maximum absolute atomic E-state index is 12.5. The Kier molecular flexibility index (Phi) is 5.31. The Balaban J connectivity index is 1.36. The summed E-state index contributed by atoms with van der Waals surface area (Å²) in [6, 6.07) is 7.79. The molecule has 7 nitrogen and oxygen atoms in total. The molecule has 1 aliphatic rings. The molecule has 1 N–H and O–H groups in total. The number of carbonyl (C=O) groups is 1. The molecule has 0 radical (unpaired) electrons. The number of aryl methyl sites for hydroxylation is 3. The van der Waals surface area contributed by atoms with Crippen molar-refractivity contribution in [1.82, 2.24) is 19.6 Å². The zero-order valence-corrected chi connectivity index (χ0v) is 19.4. The molecule has 0 bridgehead atoms. The van der Waals surface area contributed by atoms with Gasteiger partial charge in [0, 0.05) is 30.3 Å². The molecule has 0 spiro atoms. The van der Waals surface area contributed by atoms with Crippen LogP contribution in [0.5, 0.6) is 0 Å². The van der Waals surface area contributed by atoms with Crippen LogP contribution in [-0.4, -0.2) is 45.3 Å². The molecule has 1 aliphatic carbocycles. The van der Waals surface area contributed by atoms with Gasteiger partial charge in [0.1, 0.15) is 10.7 Å². The lowest BCUT2D eigenvalue weighted by molar-refractivity contribution is -0.113. The number of thiophene rings is 1. The van der Waals surface area contributed by atoms with Crippen molar-refractivity contribution < 1.29 is 4.79 Å². The second kappa shape index (κ2) is 8.12. The molecular formula is C22H24N6OS2. The van der Waals surface area contributed by atoms with E-state index >= 15 is 0 Å². The van der Waals surface area contributed by atoms with Gasteiger partial charge in [0.2, 0.25) is 5.91 Å². The van der Waals surface area contributed by atoms with Crippen LogP contribution in [0.4, 0.5) is 11.4 Å². The number of thioether (sulfide) groups is 1. The lowest BCUT2D eigenvalue weighted by Gasteiger charge is -2.13. The number of benzene rings is 1. The summed E-state index contributed by atoms with van der Waals surface area (Å²) in [4.78, 5) is 21.9. The number of hydrogen-bond acceptors (Lipinski definition) is 7.